The van der Waals surface area contributed by atoms with Gasteiger partial charge in [0.15, 0.2) is 5.17 Å². The van der Waals surface area contributed by atoms with E-state index in [1.807, 2.05) is 0 Å². The second-order valence-electron chi connectivity index (χ2n) is 6.26. The predicted octanol–water partition coefficient (Wildman–Crippen LogP) is 5.00. The van der Waals surface area contributed by atoms with Crippen molar-refractivity contribution in [2.45, 2.75) is 26.7 Å². The molecule has 0 spiro atoms. The number of rotatable bonds is 4. The molecule has 0 saturated carbocycles. The van der Waals surface area contributed by atoms with E-state index < -0.39 is 0 Å². The number of allylic oxidation sites excluding steroid dienone is 1. The number of amides is 1. The van der Waals surface area contributed by atoms with Crippen LogP contribution in [-0.2, 0) is 4.79 Å². The first kappa shape index (κ1) is 17.6. The Morgan fingerprint density at radius 2 is 2.04 bits per heavy atom. The number of fused-ring (bicyclic) bond motifs is 1. The summed E-state index contributed by atoms with van der Waals surface area (Å²) in [5, 5.41) is 4.84. The van der Waals surface area contributed by atoms with Gasteiger partial charge in [-0.3, -0.25) is 9.79 Å². The highest BCUT2D eigenvalue weighted by molar-refractivity contribution is 8.18. The van der Waals surface area contributed by atoms with E-state index in [4.69, 9.17) is 23.2 Å². The van der Waals surface area contributed by atoms with Gasteiger partial charge in [-0.25, -0.2) is 0 Å². The number of anilines is 1. The van der Waals surface area contributed by atoms with Crippen molar-refractivity contribution in [1.29, 1.82) is 0 Å². The smallest absolute Gasteiger partial charge is 0.264 e. The highest BCUT2D eigenvalue weighted by Gasteiger charge is 2.34. The molecule has 1 N–H and O–H groups in total. The minimum atomic E-state index is -0.133. The summed E-state index contributed by atoms with van der Waals surface area (Å²) in [7, 11) is 0. The maximum atomic E-state index is 12.8. The zero-order valence-corrected chi connectivity index (χ0v) is 15.9. The summed E-state index contributed by atoms with van der Waals surface area (Å²) in [6.07, 6.45) is 1.87. The molecule has 0 radical (unpaired) electrons. The lowest BCUT2D eigenvalue weighted by Gasteiger charge is -2.26. The molecule has 2 aliphatic heterocycles. The van der Waals surface area contributed by atoms with Crippen LogP contribution < -0.4 is 5.32 Å². The van der Waals surface area contributed by atoms with Crippen LogP contribution in [0.5, 0.6) is 0 Å². The van der Waals surface area contributed by atoms with E-state index >= 15 is 0 Å². The fourth-order valence-electron chi connectivity index (χ4n) is 2.78. The number of aliphatic imine (C=N–C) groups is 1. The Bertz CT molecular complexity index is 710. The molecule has 7 heteroatoms. The number of hydrogen-bond donors (Lipinski definition) is 1. The quantitative estimate of drug-likeness (QED) is 0.795. The number of hydrogen-bond acceptors (Lipinski definition) is 4. The van der Waals surface area contributed by atoms with E-state index in [0.717, 1.165) is 41.7 Å². The second-order valence-corrected chi connectivity index (χ2v) is 8.11. The van der Waals surface area contributed by atoms with Crippen LogP contribution in [0.15, 0.2) is 33.8 Å². The molecule has 0 unspecified atom stereocenters. The van der Waals surface area contributed by atoms with Gasteiger partial charge in [0.2, 0.25) is 0 Å². The van der Waals surface area contributed by atoms with E-state index in [2.05, 4.69) is 29.1 Å². The standard InChI is InChI=1S/C17H19Cl2N3OS/c1-10(2)6-14-15(24-17-20-4-3-5-22(14)17)16(23)21-13-8-11(18)7-12(19)9-13/h7-10H,3-6H2,1-2H3,(H,21,23). The molecule has 0 saturated heterocycles. The van der Waals surface area contributed by atoms with Crippen molar-refractivity contribution in [3.63, 3.8) is 0 Å². The van der Waals surface area contributed by atoms with Gasteiger partial charge in [-0.2, -0.15) is 0 Å². The van der Waals surface area contributed by atoms with Gasteiger partial charge in [0.1, 0.15) is 0 Å². The van der Waals surface area contributed by atoms with Crippen LogP contribution >= 0.6 is 35.0 Å². The molecule has 0 fully saturated rings. The summed E-state index contributed by atoms with van der Waals surface area (Å²) < 4.78 is 0. The molecule has 0 bridgehead atoms. The van der Waals surface area contributed by atoms with Crippen molar-refractivity contribution in [2.75, 3.05) is 18.4 Å². The number of carbonyl (C=O) groups excluding carboxylic acids is 1. The van der Waals surface area contributed by atoms with Gasteiger partial charge in [-0.1, -0.05) is 37.0 Å². The Morgan fingerprint density at radius 3 is 2.71 bits per heavy atom. The molecule has 1 amide bonds. The normalized spacial score (nSPS) is 17.2. The topological polar surface area (TPSA) is 44.7 Å². The molecule has 24 heavy (non-hydrogen) atoms. The molecular formula is C17H19Cl2N3OS. The molecule has 1 aromatic carbocycles. The third-order valence-electron chi connectivity index (χ3n) is 3.73. The Kier molecular flexibility index (Phi) is 5.42. The zero-order chi connectivity index (χ0) is 17.3. The highest BCUT2D eigenvalue weighted by Crippen LogP contribution is 2.39. The average Bonchev–Trinajstić information content (AvgIpc) is 2.84. The second kappa shape index (κ2) is 7.38. The lowest BCUT2D eigenvalue weighted by molar-refractivity contribution is -0.112. The highest BCUT2D eigenvalue weighted by atomic mass is 35.5. The van der Waals surface area contributed by atoms with Gasteiger partial charge in [-0.15, -0.1) is 0 Å². The van der Waals surface area contributed by atoms with Gasteiger partial charge in [0.25, 0.3) is 5.91 Å². The maximum absolute atomic E-state index is 12.8. The predicted molar refractivity (Wildman–Crippen MR) is 103 cm³/mol. The molecule has 1 aromatic rings. The number of carbonyl (C=O) groups is 1. The number of halogens is 2. The molecule has 128 valence electrons. The lowest BCUT2D eigenvalue weighted by Crippen LogP contribution is -2.30. The largest absolute Gasteiger partial charge is 0.323 e. The van der Waals surface area contributed by atoms with Crippen molar-refractivity contribution < 1.29 is 4.79 Å². The van der Waals surface area contributed by atoms with Crippen molar-refractivity contribution in [1.82, 2.24) is 4.90 Å². The monoisotopic (exact) mass is 383 g/mol. The average molecular weight is 384 g/mol. The van der Waals surface area contributed by atoms with E-state index in [9.17, 15) is 4.79 Å². The number of thioether (sulfide) groups is 1. The summed E-state index contributed by atoms with van der Waals surface area (Å²) in [5.41, 5.74) is 1.67. The van der Waals surface area contributed by atoms with Crippen molar-refractivity contribution in [3.8, 4) is 0 Å². The molecule has 0 aromatic heterocycles. The van der Waals surface area contributed by atoms with Crippen LogP contribution in [0.3, 0.4) is 0 Å². The molecule has 3 rings (SSSR count). The summed E-state index contributed by atoms with van der Waals surface area (Å²) in [5.74, 6) is 0.330. The molecule has 0 aliphatic carbocycles. The Labute approximate surface area is 156 Å². The summed E-state index contributed by atoms with van der Waals surface area (Å²) in [6.45, 7) is 6.06. The minimum Gasteiger partial charge on any atom is -0.323 e. The van der Waals surface area contributed by atoms with Crippen LogP contribution in [0.4, 0.5) is 5.69 Å². The number of benzene rings is 1. The Hall–Kier alpha value is -1.17. The summed E-state index contributed by atoms with van der Waals surface area (Å²) in [4.78, 5) is 20.3. The first-order valence-electron chi connectivity index (χ1n) is 7.94. The van der Waals surface area contributed by atoms with Gasteiger partial charge in [-0.05, 0) is 48.7 Å². The Balaban J connectivity index is 1.87. The van der Waals surface area contributed by atoms with Crippen LogP contribution in [0, 0.1) is 5.92 Å². The first-order valence-corrected chi connectivity index (χ1v) is 9.51. The molecule has 4 nitrogen and oxygen atoms in total. The molecule has 2 aliphatic rings. The van der Waals surface area contributed by atoms with Gasteiger partial charge in [0, 0.05) is 34.5 Å². The minimum absolute atomic E-state index is 0.133. The third kappa shape index (κ3) is 3.90. The number of amidine groups is 1. The fourth-order valence-corrected chi connectivity index (χ4v) is 4.41. The van der Waals surface area contributed by atoms with Crippen molar-refractivity contribution in [3.05, 3.63) is 38.8 Å². The van der Waals surface area contributed by atoms with Crippen molar-refractivity contribution in [2.24, 2.45) is 10.9 Å². The lowest BCUT2D eigenvalue weighted by atomic mass is 10.1. The molecule has 0 atom stereocenters. The van der Waals surface area contributed by atoms with Gasteiger partial charge in [0.05, 0.1) is 4.91 Å². The third-order valence-corrected chi connectivity index (χ3v) is 5.32. The SMILES string of the molecule is CC(C)CC1=C(C(=O)Nc2cc(Cl)cc(Cl)c2)SC2=NCCCN21. The Morgan fingerprint density at radius 1 is 1.33 bits per heavy atom. The van der Waals surface area contributed by atoms with E-state index in [-0.39, 0.29) is 5.91 Å². The fraction of sp³-hybridized carbons (Fsp3) is 0.412. The summed E-state index contributed by atoms with van der Waals surface area (Å²) in [6, 6.07) is 5.03. The van der Waals surface area contributed by atoms with E-state index in [0.29, 0.717) is 21.7 Å². The molecule has 2 heterocycles. The van der Waals surface area contributed by atoms with Crippen LogP contribution in [0.25, 0.3) is 0 Å². The number of nitrogens with one attached hydrogen (secondary N) is 1. The first-order chi connectivity index (χ1) is 11.4. The van der Waals surface area contributed by atoms with Gasteiger partial charge < -0.3 is 10.2 Å². The molecular weight excluding hydrogens is 365 g/mol. The zero-order valence-electron chi connectivity index (χ0n) is 13.6. The summed E-state index contributed by atoms with van der Waals surface area (Å²) >= 11 is 13.5. The van der Waals surface area contributed by atoms with E-state index in [1.165, 1.54) is 11.8 Å². The van der Waals surface area contributed by atoms with Crippen LogP contribution in [0.2, 0.25) is 10.0 Å². The number of nitrogens with zero attached hydrogens (tertiary/aromatic N) is 2. The van der Waals surface area contributed by atoms with Crippen LogP contribution in [-0.4, -0.2) is 29.1 Å². The van der Waals surface area contributed by atoms with Crippen molar-refractivity contribution >= 4 is 51.7 Å². The van der Waals surface area contributed by atoms with Gasteiger partial charge >= 0.3 is 0 Å². The van der Waals surface area contributed by atoms with Crippen LogP contribution in [0.1, 0.15) is 26.7 Å². The maximum Gasteiger partial charge on any atom is 0.264 e. The van der Waals surface area contributed by atoms with E-state index in [1.54, 1.807) is 18.2 Å².